The van der Waals surface area contributed by atoms with Gasteiger partial charge >= 0.3 is 0 Å². The second-order valence-corrected chi connectivity index (χ2v) is 6.23. The van der Waals surface area contributed by atoms with Crippen molar-refractivity contribution in [3.05, 3.63) is 20.8 Å². The van der Waals surface area contributed by atoms with Crippen LogP contribution in [0.3, 0.4) is 0 Å². The summed E-state index contributed by atoms with van der Waals surface area (Å²) in [5.41, 5.74) is -0.0313. The van der Waals surface area contributed by atoms with Gasteiger partial charge in [-0.1, -0.05) is 20.8 Å². The SMILES string of the molecule is CC(C)(C)C(O)Cc1cc(Br)cs1. The van der Waals surface area contributed by atoms with Crippen molar-refractivity contribution >= 4 is 27.3 Å². The molecular formula is C10H15BrOS. The van der Waals surface area contributed by atoms with Crippen molar-refractivity contribution < 1.29 is 5.11 Å². The lowest BCUT2D eigenvalue weighted by atomic mass is 9.87. The van der Waals surface area contributed by atoms with Crippen molar-refractivity contribution in [3.63, 3.8) is 0 Å². The molecule has 0 spiro atoms. The van der Waals surface area contributed by atoms with Gasteiger partial charge in [0.05, 0.1) is 6.10 Å². The molecule has 0 radical (unpaired) electrons. The Morgan fingerprint density at radius 3 is 2.54 bits per heavy atom. The van der Waals surface area contributed by atoms with Gasteiger partial charge in [-0.15, -0.1) is 11.3 Å². The quantitative estimate of drug-likeness (QED) is 0.866. The molecule has 0 fully saturated rings. The summed E-state index contributed by atoms with van der Waals surface area (Å²) in [5, 5.41) is 11.9. The summed E-state index contributed by atoms with van der Waals surface area (Å²) in [6.45, 7) is 6.17. The molecule has 1 N–H and O–H groups in total. The predicted octanol–water partition coefficient (Wildman–Crippen LogP) is 3.46. The van der Waals surface area contributed by atoms with Gasteiger partial charge in [-0.05, 0) is 27.4 Å². The zero-order valence-electron chi connectivity index (χ0n) is 8.17. The molecule has 1 rings (SSSR count). The van der Waals surface area contributed by atoms with Crippen LogP contribution in [0.5, 0.6) is 0 Å². The number of rotatable bonds is 2. The molecule has 0 aromatic carbocycles. The molecule has 0 amide bonds. The van der Waals surface area contributed by atoms with Crippen LogP contribution < -0.4 is 0 Å². The molecule has 1 heterocycles. The second kappa shape index (κ2) is 4.11. The molecule has 0 saturated heterocycles. The molecular weight excluding hydrogens is 248 g/mol. The number of aliphatic hydroxyl groups is 1. The molecule has 0 aliphatic carbocycles. The summed E-state index contributed by atoms with van der Waals surface area (Å²) < 4.78 is 1.11. The number of hydrogen-bond acceptors (Lipinski definition) is 2. The fraction of sp³-hybridized carbons (Fsp3) is 0.600. The van der Waals surface area contributed by atoms with Gasteiger partial charge in [0.25, 0.3) is 0 Å². The van der Waals surface area contributed by atoms with E-state index in [9.17, 15) is 5.11 Å². The topological polar surface area (TPSA) is 20.2 Å². The lowest BCUT2D eigenvalue weighted by Gasteiger charge is -2.25. The smallest absolute Gasteiger partial charge is 0.0636 e. The van der Waals surface area contributed by atoms with Gasteiger partial charge in [-0.25, -0.2) is 0 Å². The van der Waals surface area contributed by atoms with E-state index in [4.69, 9.17) is 0 Å². The molecule has 74 valence electrons. The minimum absolute atomic E-state index is 0.0313. The van der Waals surface area contributed by atoms with Gasteiger partial charge in [0.15, 0.2) is 0 Å². The van der Waals surface area contributed by atoms with Crippen molar-refractivity contribution in [3.8, 4) is 0 Å². The maximum Gasteiger partial charge on any atom is 0.0636 e. The van der Waals surface area contributed by atoms with Crippen LogP contribution in [0.2, 0.25) is 0 Å². The first-order chi connectivity index (χ1) is 5.89. The van der Waals surface area contributed by atoms with Gasteiger partial charge in [-0.3, -0.25) is 0 Å². The predicted molar refractivity (Wildman–Crippen MR) is 61.2 cm³/mol. The van der Waals surface area contributed by atoms with Crippen molar-refractivity contribution in [2.75, 3.05) is 0 Å². The summed E-state index contributed by atoms with van der Waals surface area (Å²) in [7, 11) is 0. The maximum atomic E-state index is 9.84. The molecule has 0 aliphatic rings. The number of thiophene rings is 1. The highest BCUT2D eigenvalue weighted by Crippen LogP contribution is 2.26. The third-order valence-corrected chi connectivity index (χ3v) is 3.74. The van der Waals surface area contributed by atoms with Crippen LogP contribution in [0.1, 0.15) is 25.6 Å². The summed E-state index contributed by atoms with van der Waals surface area (Å²) in [5.74, 6) is 0. The normalized spacial score (nSPS) is 14.5. The van der Waals surface area contributed by atoms with E-state index in [-0.39, 0.29) is 11.5 Å². The van der Waals surface area contributed by atoms with Crippen LogP contribution in [-0.2, 0) is 6.42 Å². The van der Waals surface area contributed by atoms with E-state index in [0.717, 1.165) is 10.9 Å². The highest BCUT2D eigenvalue weighted by atomic mass is 79.9. The average Bonchev–Trinajstić information content (AvgIpc) is 2.33. The summed E-state index contributed by atoms with van der Waals surface area (Å²) in [6.07, 6.45) is 0.484. The van der Waals surface area contributed by atoms with Crippen LogP contribution in [0, 0.1) is 5.41 Å². The molecule has 1 nitrogen and oxygen atoms in total. The first kappa shape index (κ1) is 11.2. The third kappa shape index (κ3) is 3.41. The van der Waals surface area contributed by atoms with E-state index in [2.05, 4.69) is 42.8 Å². The first-order valence-corrected chi connectivity index (χ1v) is 5.98. The van der Waals surface area contributed by atoms with Gasteiger partial charge < -0.3 is 5.11 Å². The lowest BCUT2D eigenvalue weighted by Crippen LogP contribution is -2.27. The van der Waals surface area contributed by atoms with Crippen LogP contribution in [0.15, 0.2) is 15.9 Å². The van der Waals surface area contributed by atoms with Crippen LogP contribution in [0.25, 0.3) is 0 Å². The Hall–Kier alpha value is 0.140. The van der Waals surface area contributed by atoms with Gasteiger partial charge in [0, 0.05) is 21.2 Å². The third-order valence-electron chi connectivity index (χ3n) is 2.02. The molecule has 13 heavy (non-hydrogen) atoms. The Bertz CT molecular complexity index is 275. The van der Waals surface area contributed by atoms with Crippen LogP contribution in [0.4, 0.5) is 0 Å². The summed E-state index contributed by atoms with van der Waals surface area (Å²) in [4.78, 5) is 1.23. The van der Waals surface area contributed by atoms with Crippen LogP contribution >= 0.6 is 27.3 Å². The van der Waals surface area contributed by atoms with Gasteiger partial charge in [0.2, 0.25) is 0 Å². The number of hydrogen-bond donors (Lipinski definition) is 1. The van der Waals surface area contributed by atoms with Crippen molar-refractivity contribution in [1.29, 1.82) is 0 Å². The van der Waals surface area contributed by atoms with Crippen LogP contribution in [-0.4, -0.2) is 11.2 Å². The molecule has 1 unspecified atom stereocenters. The zero-order valence-corrected chi connectivity index (χ0v) is 10.6. The molecule has 3 heteroatoms. The highest BCUT2D eigenvalue weighted by Gasteiger charge is 2.22. The molecule has 0 aliphatic heterocycles. The minimum Gasteiger partial charge on any atom is -0.392 e. The first-order valence-electron chi connectivity index (χ1n) is 4.30. The fourth-order valence-electron chi connectivity index (χ4n) is 0.958. The summed E-state index contributed by atoms with van der Waals surface area (Å²) in [6, 6.07) is 2.07. The Morgan fingerprint density at radius 2 is 2.15 bits per heavy atom. The summed E-state index contributed by atoms with van der Waals surface area (Å²) >= 11 is 5.09. The van der Waals surface area contributed by atoms with E-state index in [0.29, 0.717) is 0 Å². The Balaban J connectivity index is 2.60. The molecule has 1 aromatic rings. The second-order valence-electron chi connectivity index (χ2n) is 4.32. The standard InChI is InChI=1S/C10H15BrOS/c1-10(2,3)9(12)5-8-4-7(11)6-13-8/h4,6,9,12H,5H2,1-3H3. The Kier molecular flexibility index (Phi) is 3.55. The largest absolute Gasteiger partial charge is 0.392 e. The zero-order chi connectivity index (χ0) is 10.1. The van der Waals surface area contributed by atoms with Gasteiger partial charge in [0.1, 0.15) is 0 Å². The van der Waals surface area contributed by atoms with E-state index in [1.54, 1.807) is 11.3 Å². The van der Waals surface area contributed by atoms with E-state index < -0.39 is 0 Å². The van der Waals surface area contributed by atoms with Gasteiger partial charge in [-0.2, -0.15) is 0 Å². The Labute approximate surface area is 91.9 Å². The molecule has 0 saturated carbocycles. The van der Waals surface area contributed by atoms with Crippen molar-refractivity contribution in [1.82, 2.24) is 0 Å². The monoisotopic (exact) mass is 262 g/mol. The van der Waals surface area contributed by atoms with E-state index in [1.165, 1.54) is 4.88 Å². The number of halogens is 1. The molecule has 0 bridgehead atoms. The molecule has 1 atom stereocenters. The fourth-order valence-corrected chi connectivity index (χ4v) is 2.45. The number of aliphatic hydroxyl groups excluding tert-OH is 1. The van der Waals surface area contributed by atoms with E-state index in [1.807, 2.05) is 5.38 Å². The van der Waals surface area contributed by atoms with Crippen molar-refractivity contribution in [2.45, 2.75) is 33.3 Å². The maximum absolute atomic E-state index is 9.84. The minimum atomic E-state index is -0.266. The van der Waals surface area contributed by atoms with Crippen molar-refractivity contribution in [2.24, 2.45) is 5.41 Å². The average molecular weight is 263 g/mol. The van der Waals surface area contributed by atoms with E-state index >= 15 is 0 Å². The Morgan fingerprint density at radius 1 is 1.54 bits per heavy atom. The lowest BCUT2D eigenvalue weighted by molar-refractivity contribution is 0.0643. The molecule has 1 aromatic heterocycles. The highest BCUT2D eigenvalue weighted by molar-refractivity contribution is 9.10.